The predicted octanol–water partition coefficient (Wildman–Crippen LogP) is 5.30. The van der Waals surface area contributed by atoms with E-state index in [1.54, 1.807) is 18.2 Å². The van der Waals surface area contributed by atoms with Crippen LogP contribution >= 0.6 is 15.9 Å². The summed E-state index contributed by atoms with van der Waals surface area (Å²) in [5.74, 6) is 0.414. The second-order valence-corrected chi connectivity index (χ2v) is 6.52. The van der Waals surface area contributed by atoms with Crippen molar-refractivity contribution in [3.05, 3.63) is 74.5 Å². The molecular weight excluding hydrogens is 400 g/mol. The molecule has 7 nitrogen and oxygen atoms in total. The van der Waals surface area contributed by atoms with Crippen LogP contribution in [0.2, 0.25) is 0 Å². The smallest absolute Gasteiger partial charge is 0.373 e. The van der Waals surface area contributed by atoms with E-state index in [4.69, 9.17) is 4.74 Å². The molecular formula is C18H15BrN4O3. The molecule has 2 aromatic carbocycles. The quantitative estimate of drug-likeness (QED) is 0.449. The Hall–Kier alpha value is -3.00. The number of benzene rings is 2. The van der Waals surface area contributed by atoms with Crippen molar-refractivity contribution in [2.45, 2.75) is 13.8 Å². The highest BCUT2D eigenvalue weighted by Gasteiger charge is 2.25. The Morgan fingerprint density at radius 2 is 1.81 bits per heavy atom. The minimum Gasteiger partial charge on any atom is -0.434 e. The van der Waals surface area contributed by atoms with Gasteiger partial charge in [0, 0.05) is 4.47 Å². The summed E-state index contributed by atoms with van der Waals surface area (Å²) in [5.41, 5.74) is 2.29. The van der Waals surface area contributed by atoms with E-state index in [1.807, 2.05) is 38.1 Å². The minimum absolute atomic E-state index is 0.0521. The lowest BCUT2D eigenvalue weighted by atomic mass is 10.1. The first-order valence-electron chi connectivity index (χ1n) is 7.71. The summed E-state index contributed by atoms with van der Waals surface area (Å²) < 4.78 is 6.45. The molecule has 0 spiro atoms. The van der Waals surface area contributed by atoms with Gasteiger partial charge in [0.2, 0.25) is 5.82 Å². The van der Waals surface area contributed by atoms with Crippen LogP contribution in [0.5, 0.6) is 11.6 Å². The van der Waals surface area contributed by atoms with Gasteiger partial charge in [0.25, 0.3) is 0 Å². The van der Waals surface area contributed by atoms with E-state index in [1.165, 1.54) is 6.33 Å². The van der Waals surface area contributed by atoms with E-state index in [0.717, 1.165) is 15.6 Å². The largest absolute Gasteiger partial charge is 0.434 e. The third-order valence-electron chi connectivity index (χ3n) is 3.51. The molecule has 26 heavy (non-hydrogen) atoms. The number of ether oxygens (including phenoxy) is 1. The zero-order chi connectivity index (χ0) is 18.7. The topological polar surface area (TPSA) is 90.2 Å². The van der Waals surface area contributed by atoms with Crippen molar-refractivity contribution in [1.29, 1.82) is 0 Å². The zero-order valence-electron chi connectivity index (χ0n) is 14.1. The molecule has 0 saturated heterocycles. The van der Waals surface area contributed by atoms with Gasteiger partial charge in [0.05, 0.1) is 10.6 Å². The maximum atomic E-state index is 11.6. The Kier molecular flexibility index (Phi) is 5.13. The second kappa shape index (κ2) is 7.49. The predicted molar refractivity (Wildman–Crippen MR) is 102 cm³/mol. The number of hydrogen-bond acceptors (Lipinski definition) is 6. The zero-order valence-corrected chi connectivity index (χ0v) is 15.6. The number of para-hydroxylation sites is 1. The van der Waals surface area contributed by atoms with Crippen LogP contribution < -0.4 is 10.1 Å². The molecule has 0 aliphatic rings. The molecule has 0 aliphatic carbocycles. The SMILES string of the molecule is Cc1cc(C)cc(Oc2ncnc(Nc3ccccc3Br)c2[N+](=O)[O-])c1. The lowest BCUT2D eigenvalue weighted by molar-refractivity contribution is -0.385. The Morgan fingerprint density at radius 1 is 1.12 bits per heavy atom. The number of halogens is 1. The molecule has 0 bridgehead atoms. The van der Waals surface area contributed by atoms with Crippen LogP contribution in [0.15, 0.2) is 53.3 Å². The summed E-state index contributed by atoms with van der Waals surface area (Å²) in [4.78, 5) is 19.0. The van der Waals surface area contributed by atoms with Crippen molar-refractivity contribution in [3.63, 3.8) is 0 Å². The highest BCUT2D eigenvalue weighted by molar-refractivity contribution is 9.10. The highest BCUT2D eigenvalue weighted by Crippen LogP contribution is 2.37. The number of anilines is 2. The van der Waals surface area contributed by atoms with Gasteiger partial charge in [-0.15, -0.1) is 0 Å². The van der Waals surface area contributed by atoms with E-state index in [-0.39, 0.29) is 17.4 Å². The minimum atomic E-state index is -0.558. The first kappa shape index (κ1) is 17.8. The van der Waals surface area contributed by atoms with Crippen LogP contribution in [0.4, 0.5) is 17.2 Å². The number of rotatable bonds is 5. The maximum absolute atomic E-state index is 11.6. The Morgan fingerprint density at radius 3 is 2.46 bits per heavy atom. The summed E-state index contributed by atoms with van der Waals surface area (Å²) >= 11 is 3.40. The average Bonchev–Trinajstić information content (AvgIpc) is 2.56. The Bertz CT molecular complexity index is 958. The number of aryl methyl sites for hydroxylation is 2. The molecule has 0 saturated carbocycles. The fourth-order valence-corrected chi connectivity index (χ4v) is 2.87. The molecule has 0 atom stereocenters. The summed E-state index contributed by atoms with van der Waals surface area (Å²) in [6.45, 7) is 3.85. The van der Waals surface area contributed by atoms with Crippen LogP contribution in [-0.4, -0.2) is 14.9 Å². The van der Waals surface area contributed by atoms with Crippen molar-refractivity contribution in [3.8, 4) is 11.6 Å². The second-order valence-electron chi connectivity index (χ2n) is 5.66. The van der Waals surface area contributed by atoms with E-state index in [9.17, 15) is 10.1 Å². The highest BCUT2D eigenvalue weighted by atomic mass is 79.9. The summed E-state index contributed by atoms with van der Waals surface area (Å²) in [6.07, 6.45) is 1.23. The Labute approximate surface area is 158 Å². The van der Waals surface area contributed by atoms with E-state index < -0.39 is 4.92 Å². The summed E-state index contributed by atoms with van der Waals surface area (Å²) in [7, 11) is 0. The van der Waals surface area contributed by atoms with Crippen molar-refractivity contribution < 1.29 is 9.66 Å². The number of nitrogens with zero attached hydrogens (tertiary/aromatic N) is 3. The number of aromatic nitrogens is 2. The van der Waals surface area contributed by atoms with Gasteiger partial charge in [0.1, 0.15) is 12.1 Å². The molecule has 8 heteroatoms. The standard InChI is InChI=1S/C18H15BrN4O3/c1-11-7-12(2)9-13(8-11)26-18-16(23(24)25)17(20-10-21-18)22-15-6-4-3-5-14(15)19/h3-10H,1-2H3,(H,20,21,22). The van der Waals surface area contributed by atoms with Gasteiger partial charge >= 0.3 is 11.6 Å². The molecule has 1 aromatic heterocycles. The molecule has 0 unspecified atom stereocenters. The third kappa shape index (κ3) is 3.97. The average molecular weight is 415 g/mol. The van der Waals surface area contributed by atoms with Crippen LogP contribution in [0.3, 0.4) is 0 Å². The van der Waals surface area contributed by atoms with Crippen molar-refractivity contribution >= 4 is 33.1 Å². The van der Waals surface area contributed by atoms with Crippen LogP contribution in [0, 0.1) is 24.0 Å². The molecule has 1 N–H and O–H groups in total. The molecule has 0 fully saturated rings. The van der Waals surface area contributed by atoms with Crippen LogP contribution in [0.1, 0.15) is 11.1 Å². The number of nitrogens with one attached hydrogen (secondary N) is 1. The first-order valence-corrected chi connectivity index (χ1v) is 8.50. The fourth-order valence-electron chi connectivity index (χ4n) is 2.49. The molecule has 0 radical (unpaired) electrons. The van der Waals surface area contributed by atoms with Crippen LogP contribution in [0.25, 0.3) is 0 Å². The van der Waals surface area contributed by atoms with Gasteiger partial charge in [0.15, 0.2) is 0 Å². The van der Waals surface area contributed by atoms with Crippen molar-refractivity contribution in [1.82, 2.24) is 9.97 Å². The van der Waals surface area contributed by atoms with Gasteiger partial charge in [-0.2, -0.15) is 4.98 Å². The van der Waals surface area contributed by atoms with Gasteiger partial charge < -0.3 is 10.1 Å². The van der Waals surface area contributed by atoms with Gasteiger partial charge in [-0.1, -0.05) is 18.2 Å². The summed E-state index contributed by atoms with van der Waals surface area (Å²) in [5, 5.41) is 14.6. The maximum Gasteiger partial charge on any atom is 0.373 e. The number of hydrogen-bond donors (Lipinski definition) is 1. The molecule has 3 rings (SSSR count). The van der Waals surface area contributed by atoms with E-state index in [0.29, 0.717) is 11.4 Å². The van der Waals surface area contributed by atoms with Crippen molar-refractivity contribution in [2.75, 3.05) is 5.32 Å². The lowest BCUT2D eigenvalue weighted by Gasteiger charge is -2.11. The third-order valence-corrected chi connectivity index (χ3v) is 4.20. The van der Waals surface area contributed by atoms with Gasteiger partial charge in [-0.05, 0) is 65.2 Å². The Balaban J connectivity index is 2.01. The van der Waals surface area contributed by atoms with Crippen LogP contribution in [-0.2, 0) is 0 Å². The van der Waals surface area contributed by atoms with Gasteiger partial charge in [-0.3, -0.25) is 10.1 Å². The lowest BCUT2D eigenvalue weighted by Crippen LogP contribution is -2.04. The molecule has 0 aliphatic heterocycles. The van der Waals surface area contributed by atoms with Gasteiger partial charge in [-0.25, -0.2) is 4.98 Å². The first-order chi connectivity index (χ1) is 12.4. The molecule has 1 heterocycles. The molecule has 3 aromatic rings. The van der Waals surface area contributed by atoms with Crippen molar-refractivity contribution in [2.24, 2.45) is 0 Å². The number of nitro groups is 1. The van der Waals surface area contributed by atoms with E-state index in [2.05, 4.69) is 31.2 Å². The normalized spacial score (nSPS) is 10.4. The summed E-state index contributed by atoms with van der Waals surface area (Å²) in [6, 6.07) is 12.8. The molecule has 0 amide bonds. The molecule has 132 valence electrons. The van der Waals surface area contributed by atoms with E-state index >= 15 is 0 Å². The fraction of sp³-hybridized carbons (Fsp3) is 0.111. The monoisotopic (exact) mass is 414 g/mol.